The van der Waals surface area contributed by atoms with Crippen molar-refractivity contribution < 1.29 is 23.8 Å². The maximum atomic E-state index is 12.8. The highest BCUT2D eigenvalue weighted by Crippen LogP contribution is 2.12. The minimum absolute atomic E-state index is 0.0197. The quantitative estimate of drug-likeness (QED) is 0.0346. The zero-order valence-electron chi connectivity index (χ0n) is 42.4. The summed E-state index contributed by atoms with van der Waals surface area (Å²) >= 11 is 0. The van der Waals surface area contributed by atoms with Crippen molar-refractivity contribution >= 4 is 11.9 Å². The summed E-state index contributed by atoms with van der Waals surface area (Å²) in [7, 11) is 0. The Morgan fingerprint density at radius 2 is 0.682 bits per heavy atom. The summed E-state index contributed by atoms with van der Waals surface area (Å²) in [5.41, 5.74) is 0. The van der Waals surface area contributed by atoms with Crippen LogP contribution >= 0.6 is 0 Å². The van der Waals surface area contributed by atoms with E-state index in [9.17, 15) is 9.59 Å². The van der Waals surface area contributed by atoms with E-state index in [0.29, 0.717) is 13.0 Å². The first-order chi connectivity index (χ1) is 32.6. The Hall–Kier alpha value is -4.22. The van der Waals surface area contributed by atoms with Gasteiger partial charge in [0.05, 0.1) is 13.0 Å². The van der Waals surface area contributed by atoms with Gasteiger partial charge in [0.25, 0.3) is 0 Å². The number of esters is 2. The molecule has 1 atom stereocenters. The second-order valence-corrected chi connectivity index (χ2v) is 16.6. The lowest BCUT2D eigenvalue weighted by Gasteiger charge is -2.18. The van der Waals surface area contributed by atoms with E-state index in [-0.39, 0.29) is 31.6 Å². The van der Waals surface area contributed by atoms with Crippen molar-refractivity contribution in [2.24, 2.45) is 0 Å². The molecule has 0 N–H and O–H groups in total. The summed E-state index contributed by atoms with van der Waals surface area (Å²) in [6, 6.07) is 0. The minimum Gasteiger partial charge on any atom is -0.462 e. The average molecular weight is 909 g/mol. The third-order valence-corrected chi connectivity index (χ3v) is 10.4. The highest BCUT2D eigenvalue weighted by atomic mass is 16.6. The predicted molar refractivity (Wildman–Crippen MR) is 288 cm³/mol. The van der Waals surface area contributed by atoms with Gasteiger partial charge in [-0.1, -0.05) is 218 Å². The van der Waals surface area contributed by atoms with Crippen LogP contribution in [0.5, 0.6) is 0 Å². The second-order valence-electron chi connectivity index (χ2n) is 16.6. The van der Waals surface area contributed by atoms with Crippen LogP contribution in [-0.4, -0.2) is 37.9 Å². The predicted octanol–water partition coefficient (Wildman–Crippen LogP) is 18.1. The van der Waals surface area contributed by atoms with Gasteiger partial charge in [-0.3, -0.25) is 9.59 Å². The zero-order chi connectivity index (χ0) is 47.7. The van der Waals surface area contributed by atoms with Gasteiger partial charge in [0.15, 0.2) is 6.10 Å². The van der Waals surface area contributed by atoms with Crippen molar-refractivity contribution in [3.8, 4) is 0 Å². The number of hydrogen-bond acceptors (Lipinski definition) is 5. The molecular weight excluding hydrogens is 813 g/mol. The molecule has 5 nitrogen and oxygen atoms in total. The van der Waals surface area contributed by atoms with Gasteiger partial charge in [0.1, 0.15) is 6.61 Å². The maximum absolute atomic E-state index is 12.8. The summed E-state index contributed by atoms with van der Waals surface area (Å²) in [6.45, 7) is 7.32. The van der Waals surface area contributed by atoms with E-state index in [2.05, 4.69) is 154 Å². The smallest absolute Gasteiger partial charge is 0.310 e. The fourth-order valence-corrected chi connectivity index (χ4v) is 6.59. The van der Waals surface area contributed by atoms with E-state index in [4.69, 9.17) is 14.2 Å². The van der Waals surface area contributed by atoms with Gasteiger partial charge in [0, 0.05) is 13.0 Å². The molecule has 0 saturated carbocycles. The zero-order valence-corrected chi connectivity index (χ0v) is 42.4. The number of rotatable bonds is 46. The van der Waals surface area contributed by atoms with Crippen LogP contribution in [0.25, 0.3) is 0 Å². The number of ether oxygens (including phenoxy) is 3. The van der Waals surface area contributed by atoms with Crippen molar-refractivity contribution in [3.63, 3.8) is 0 Å². The molecule has 0 aliphatic carbocycles. The summed E-state index contributed by atoms with van der Waals surface area (Å²) in [4.78, 5) is 25.4. The maximum Gasteiger partial charge on any atom is 0.310 e. The molecule has 370 valence electrons. The molecule has 0 saturated heterocycles. The van der Waals surface area contributed by atoms with Gasteiger partial charge in [-0.25, -0.2) is 0 Å². The van der Waals surface area contributed by atoms with Crippen LogP contribution in [0.1, 0.15) is 201 Å². The van der Waals surface area contributed by atoms with Gasteiger partial charge in [-0.05, 0) is 116 Å². The molecule has 1 unspecified atom stereocenters. The van der Waals surface area contributed by atoms with Crippen LogP contribution in [0.2, 0.25) is 0 Å². The molecule has 0 amide bonds. The van der Waals surface area contributed by atoms with Gasteiger partial charge in [-0.2, -0.15) is 0 Å². The second kappa shape index (κ2) is 55.1. The van der Waals surface area contributed by atoms with E-state index < -0.39 is 6.10 Å². The van der Waals surface area contributed by atoms with Crippen LogP contribution in [0.3, 0.4) is 0 Å². The molecule has 0 aliphatic heterocycles. The molecule has 0 aromatic carbocycles. The summed E-state index contributed by atoms with van der Waals surface area (Å²) in [6.07, 6.45) is 80.3. The van der Waals surface area contributed by atoms with Crippen molar-refractivity contribution in [1.82, 2.24) is 0 Å². The normalized spacial score (nSPS) is 13.4. The van der Waals surface area contributed by atoms with Crippen molar-refractivity contribution in [2.75, 3.05) is 19.8 Å². The summed E-state index contributed by atoms with van der Waals surface area (Å²) < 4.78 is 17.3. The Bertz CT molecular complexity index is 1450. The lowest BCUT2D eigenvalue weighted by atomic mass is 10.1. The monoisotopic (exact) mass is 909 g/mol. The van der Waals surface area contributed by atoms with Crippen LogP contribution in [0.15, 0.2) is 146 Å². The first-order valence-electron chi connectivity index (χ1n) is 26.4. The van der Waals surface area contributed by atoms with E-state index in [1.54, 1.807) is 0 Å². The topological polar surface area (TPSA) is 61.8 Å². The molecule has 0 aromatic rings. The van der Waals surface area contributed by atoms with Crippen LogP contribution in [0.4, 0.5) is 0 Å². The van der Waals surface area contributed by atoms with Gasteiger partial charge in [0.2, 0.25) is 0 Å². The Balaban J connectivity index is 4.47. The van der Waals surface area contributed by atoms with Crippen molar-refractivity contribution in [3.05, 3.63) is 146 Å². The fraction of sp³-hybridized carbons (Fsp3) is 0.574. The largest absolute Gasteiger partial charge is 0.462 e. The van der Waals surface area contributed by atoms with Crippen LogP contribution in [0, 0.1) is 0 Å². The molecule has 0 heterocycles. The van der Waals surface area contributed by atoms with E-state index in [1.165, 1.54) is 44.9 Å². The molecule has 0 aliphatic rings. The van der Waals surface area contributed by atoms with E-state index in [0.717, 1.165) is 122 Å². The number of allylic oxidation sites excluding steroid dienone is 23. The van der Waals surface area contributed by atoms with Crippen LogP contribution < -0.4 is 0 Å². The highest BCUT2D eigenvalue weighted by Gasteiger charge is 2.17. The van der Waals surface area contributed by atoms with Crippen molar-refractivity contribution in [2.45, 2.75) is 207 Å². The highest BCUT2D eigenvalue weighted by molar-refractivity contribution is 5.71. The molecule has 0 spiro atoms. The van der Waals surface area contributed by atoms with E-state index >= 15 is 0 Å². The Kier molecular flexibility index (Phi) is 51.6. The first-order valence-corrected chi connectivity index (χ1v) is 26.4. The molecule has 66 heavy (non-hydrogen) atoms. The number of carbonyl (C=O) groups excluding carboxylic acids is 2. The third-order valence-electron chi connectivity index (χ3n) is 10.4. The van der Waals surface area contributed by atoms with Gasteiger partial charge < -0.3 is 14.2 Å². The Morgan fingerprint density at radius 3 is 1.09 bits per heavy atom. The lowest BCUT2D eigenvalue weighted by molar-refractivity contribution is -0.162. The molecule has 0 aromatic heterocycles. The molecule has 0 fully saturated rings. The van der Waals surface area contributed by atoms with Crippen LogP contribution in [-0.2, 0) is 23.8 Å². The lowest BCUT2D eigenvalue weighted by Crippen LogP contribution is -2.29. The Morgan fingerprint density at radius 1 is 0.348 bits per heavy atom. The number of unbranched alkanes of at least 4 members (excludes halogenated alkanes) is 12. The fourth-order valence-electron chi connectivity index (χ4n) is 6.59. The SMILES string of the molecule is CC/C=C\C/C=C\C/C=C\C/C=C\C/C=C\CC(=O)OC(COCCCCCCCCCC/C=C\C/C=C\C/C=C\CC)COC(=O)CCCCCC/C=C\C/C=C\C/C=C\C/C=C\CC. The Labute approximate surface area is 406 Å². The summed E-state index contributed by atoms with van der Waals surface area (Å²) in [5.74, 6) is -0.586. The van der Waals surface area contributed by atoms with Gasteiger partial charge in [-0.15, -0.1) is 0 Å². The molecule has 0 rings (SSSR count). The number of carbonyl (C=O) groups is 2. The van der Waals surface area contributed by atoms with E-state index in [1.807, 2.05) is 12.2 Å². The number of hydrogen-bond donors (Lipinski definition) is 0. The average Bonchev–Trinajstić information content (AvgIpc) is 3.32. The molecule has 0 bridgehead atoms. The van der Waals surface area contributed by atoms with Gasteiger partial charge >= 0.3 is 11.9 Å². The standard InChI is InChI=1S/C61H96O5/c1-4-7-10-13-16-19-22-25-28-30-32-35-38-41-44-47-50-53-56-64-57-59(66-61(63)55-52-49-46-43-40-37-33-27-24-21-18-15-12-9-6-3)58-65-60(62)54-51-48-45-42-39-36-34-31-29-26-23-20-17-14-11-8-5-2/h7-12,16-21,25-29,33-34,36,40,43,49,52,59H,4-6,13-15,22-24,30-32,35,37-39,41-42,44-48,50-51,53-58H2,1-3H3/b10-7-,11-8-,12-9-,19-16-,20-17-,21-18-,28-25-,29-26-,33-27-,36-34-,43-40-,52-49-. The molecule has 0 radical (unpaired) electrons. The van der Waals surface area contributed by atoms with Crippen molar-refractivity contribution in [1.29, 1.82) is 0 Å². The summed E-state index contributed by atoms with van der Waals surface area (Å²) in [5, 5.41) is 0. The first kappa shape index (κ1) is 61.8. The molecular formula is C61H96O5. The third kappa shape index (κ3) is 52.4. The minimum atomic E-state index is -0.616. The molecule has 5 heteroatoms.